The summed E-state index contributed by atoms with van der Waals surface area (Å²) in [5, 5.41) is 10.2. The van der Waals surface area contributed by atoms with Gasteiger partial charge in [0.25, 0.3) is 0 Å². The molecule has 0 rings (SSSR count). The molecule has 0 aromatic rings. The molecule has 0 heterocycles. The third-order valence-corrected chi connectivity index (χ3v) is 2.08. The molecular weight excluding hydrogens is 184 g/mol. The fourth-order valence-corrected chi connectivity index (χ4v) is 1.25. The topological polar surface area (TPSA) is 47.9 Å². The SMILES string of the molecule is CCOC(OCC)C(O)(CC)COC. The summed E-state index contributed by atoms with van der Waals surface area (Å²) in [6, 6.07) is 0. The molecule has 1 atom stereocenters. The van der Waals surface area contributed by atoms with Crippen molar-refractivity contribution < 1.29 is 19.3 Å². The third-order valence-electron chi connectivity index (χ3n) is 2.08. The summed E-state index contributed by atoms with van der Waals surface area (Å²) in [6.45, 7) is 6.86. The van der Waals surface area contributed by atoms with Crippen molar-refractivity contribution >= 4 is 0 Å². The number of hydrogen-bond donors (Lipinski definition) is 1. The number of aliphatic hydroxyl groups is 1. The van der Waals surface area contributed by atoms with E-state index in [0.717, 1.165) is 0 Å². The van der Waals surface area contributed by atoms with Gasteiger partial charge >= 0.3 is 0 Å². The molecule has 0 aliphatic rings. The zero-order valence-corrected chi connectivity index (χ0v) is 9.58. The fraction of sp³-hybridized carbons (Fsp3) is 1.00. The van der Waals surface area contributed by atoms with Crippen LogP contribution in [-0.4, -0.2) is 43.9 Å². The van der Waals surface area contributed by atoms with Gasteiger partial charge in [0, 0.05) is 20.3 Å². The molecule has 0 aromatic heterocycles. The van der Waals surface area contributed by atoms with Gasteiger partial charge in [-0.15, -0.1) is 0 Å². The Balaban J connectivity index is 4.37. The lowest BCUT2D eigenvalue weighted by Gasteiger charge is -2.33. The van der Waals surface area contributed by atoms with Crippen molar-refractivity contribution in [3.63, 3.8) is 0 Å². The van der Waals surface area contributed by atoms with E-state index < -0.39 is 11.9 Å². The standard InChI is InChI=1S/C10H22O4/c1-5-10(11,8-12-4)9(13-6-2)14-7-3/h9,11H,5-8H2,1-4H3. The van der Waals surface area contributed by atoms with E-state index in [4.69, 9.17) is 14.2 Å². The fourth-order valence-electron chi connectivity index (χ4n) is 1.25. The highest BCUT2D eigenvalue weighted by atomic mass is 16.7. The number of ether oxygens (including phenoxy) is 3. The molecule has 86 valence electrons. The highest BCUT2D eigenvalue weighted by Crippen LogP contribution is 2.20. The van der Waals surface area contributed by atoms with Gasteiger partial charge in [0.2, 0.25) is 0 Å². The maximum atomic E-state index is 10.2. The monoisotopic (exact) mass is 206 g/mol. The lowest BCUT2D eigenvalue weighted by molar-refractivity contribution is -0.248. The molecule has 1 unspecified atom stereocenters. The minimum atomic E-state index is -1.05. The Kier molecular flexibility index (Phi) is 7.09. The molecule has 0 aliphatic carbocycles. The van der Waals surface area contributed by atoms with Crippen molar-refractivity contribution in [1.82, 2.24) is 0 Å². The molecular formula is C10H22O4. The third kappa shape index (κ3) is 3.92. The molecule has 0 aromatic carbocycles. The molecule has 14 heavy (non-hydrogen) atoms. The second-order valence-corrected chi connectivity index (χ2v) is 3.13. The maximum absolute atomic E-state index is 10.2. The Morgan fingerprint density at radius 1 is 1.14 bits per heavy atom. The van der Waals surface area contributed by atoms with Crippen LogP contribution in [-0.2, 0) is 14.2 Å². The lowest BCUT2D eigenvalue weighted by atomic mass is 10.0. The van der Waals surface area contributed by atoms with Crippen molar-refractivity contribution in [1.29, 1.82) is 0 Å². The van der Waals surface area contributed by atoms with Gasteiger partial charge in [-0.3, -0.25) is 0 Å². The highest BCUT2D eigenvalue weighted by Gasteiger charge is 2.36. The summed E-state index contributed by atoms with van der Waals surface area (Å²) in [5.41, 5.74) is -1.05. The minimum absolute atomic E-state index is 0.216. The van der Waals surface area contributed by atoms with Crippen LogP contribution < -0.4 is 0 Å². The molecule has 4 nitrogen and oxygen atoms in total. The Morgan fingerprint density at radius 3 is 1.93 bits per heavy atom. The van der Waals surface area contributed by atoms with Crippen LogP contribution >= 0.6 is 0 Å². The van der Waals surface area contributed by atoms with E-state index in [9.17, 15) is 5.11 Å². The van der Waals surface area contributed by atoms with Gasteiger partial charge in [-0.25, -0.2) is 0 Å². The second kappa shape index (κ2) is 7.17. The second-order valence-electron chi connectivity index (χ2n) is 3.13. The Morgan fingerprint density at radius 2 is 1.64 bits per heavy atom. The predicted octanol–water partition coefficient (Wildman–Crippen LogP) is 1.17. The number of methoxy groups -OCH3 is 1. The van der Waals surface area contributed by atoms with Gasteiger partial charge < -0.3 is 19.3 Å². The van der Waals surface area contributed by atoms with Gasteiger partial charge in [0.05, 0.1) is 6.61 Å². The van der Waals surface area contributed by atoms with E-state index in [2.05, 4.69) is 0 Å². The first kappa shape index (κ1) is 13.8. The Hall–Kier alpha value is -0.160. The molecule has 0 fully saturated rings. The van der Waals surface area contributed by atoms with Gasteiger partial charge in [-0.2, -0.15) is 0 Å². The zero-order chi connectivity index (χ0) is 11.0. The van der Waals surface area contributed by atoms with Crippen LogP contribution in [0.5, 0.6) is 0 Å². The van der Waals surface area contributed by atoms with E-state index in [0.29, 0.717) is 19.6 Å². The van der Waals surface area contributed by atoms with Crippen LogP contribution in [0, 0.1) is 0 Å². The van der Waals surface area contributed by atoms with Crippen LogP contribution in [0.2, 0.25) is 0 Å². The molecule has 0 bridgehead atoms. The smallest absolute Gasteiger partial charge is 0.188 e. The molecule has 1 N–H and O–H groups in total. The van der Waals surface area contributed by atoms with Gasteiger partial charge in [0.15, 0.2) is 6.29 Å². The van der Waals surface area contributed by atoms with Gasteiger partial charge in [-0.1, -0.05) is 6.92 Å². The quantitative estimate of drug-likeness (QED) is 0.606. The largest absolute Gasteiger partial charge is 0.382 e. The van der Waals surface area contributed by atoms with Crippen molar-refractivity contribution in [2.24, 2.45) is 0 Å². The van der Waals surface area contributed by atoms with Crippen LogP contribution in [0.25, 0.3) is 0 Å². The van der Waals surface area contributed by atoms with Crippen LogP contribution in [0.4, 0.5) is 0 Å². The Bertz CT molecular complexity index is 134. The van der Waals surface area contributed by atoms with Crippen molar-refractivity contribution in [2.45, 2.75) is 39.1 Å². The van der Waals surface area contributed by atoms with E-state index >= 15 is 0 Å². The van der Waals surface area contributed by atoms with Gasteiger partial charge in [0.1, 0.15) is 5.60 Å². The normalized spacial score (nSPS) is 15.9. The first-order chi connectivity index (χ1) is 6.64. The Labute approximate surface area is 86.2 Å². The predicted molar refractivity (Wildman–Crippen MR) is 54.2 cm³/mol. The minimum Gasteiger partial charge on any atom is -0.382 e. The lowest BCUT2D eigenvalue weighted by Crippen LogP contribution is -2.48. The van der Waals surface area contributed by atoms with E-state index in [1.807, 2.05) is 20.8 Å². The van der Waals surface area contributed by atoms with Crippen LogP contribution in [0.15, 0.2) is 0 Å². The summed E-state index contributed by atoms with van der Waals surface area (Å²) in [7, 11) is 1.55. The molecule has 0 radical (unpaired) electrons. The molecule has 4 heteroatoms. The van der Waals surface area contributed by atoms with Crippen LogP contribution in [0.3, 0.4) is 0 Å². The molecule has 0 saturated heterocycles. The van der Waals surface area contributed by atoms with E-state index in [1.165, 1.54) is 0 Å². The highest BCUT2D eigenvalue weighted by molar-refractivity contribution is 4.80. The summed E-state index contributed by atoms with van der Waals surface area (Å²) >= 11 is 0. The summed E-state index contributed by atoms with van der Waals surface area (Å²) < 4.78 is 15.6. The summed E-state index contributed by atoms with van der Waals surface area (Å²) in [4.78, 5) is 0. The molecule has 0 aliphatic heterocycles. The van der Waals surface area contributed by atoms with Crippen molar-refractivity contribution in [2.75, 3.05) is 26.9 Å². The first-order valence-corrected chi connectivity index (χ1v) is 5.09. The summed E-state index contributed by atoms with van der Waals surface area (Å²) in [6.07, 6.45) is -0.0756. The maximum Gasteiger partial charge on any atom is 0.188 e. The zero-order valence-electron chi connectivity index (χ0n) is 9.58. The number of rotatable bonds is 8. The van der Waals surface area contributed by atoms with Crippen LogP contribution in [0.1, 0.15) is 27.2 Å². The van der Waals surface area contributed by atoms with Crippen molar-refractivity contribution in [3.05, 3.63) is 0 Å². The van der Waals surface area contributed by atoms with E-state index in [1.54, 1.807) is 7.11 Å². The average molecular weight is 206 g/mol. The molecule has 0 spiro atoms. The van der Waals surface area contributed by atoms with E-state index in [-0.39, 0.29) is 6.61 Å². The average Bonchev–Trinajstić information content (AvgIpc) is 2.18. The first-order valence-electron chi connectivity index (χ1n) is 5.09. The molecule has 0 saturated carbocycles. The summed E-state index contributed by atoms with van der Waals surface area (Å²) in [5.74, 6) is 0. The number of hydrogen-bond acceptors (Lipinski definition) is 4. The van der Waals surface area contributed by atoms with Gasteiger partial charge in [-0.05, 0) is 20.3 Å². The van der Waals surface area contributed by atoms with Crippen molar-refractivity contribution in [3.8, 4) is 0 Å². The molecule has 0 amide bonds.